The van der Waals surface area contributed by atoms with Gasteiger partial charge in [0.2, 0.25) is 5.91 Å². The molecular formula is C13H20N4O. The van der Waals surface area contributed by atoms with Crippen molar-refractivity contribution in [1.29, 1.82) is 0 Å². The zero-order chi connectivity index (χ0) is 13.0. The molecule has 98 valence electrons. The number of hydrogen-bond acceptors (Lipinski definition) is 4. The summed E-state index contributed by atoms with van der Waals surface area (Å²) >= 11 is 0. The molecule has 0 bridgehead atoms. The van der Waals surface area contributed by atoms with Crippen molar-refractivity contribution in [2.75, 3.05) is 38.1 Å². The van der Waals surface area contributed by atoms with E-state index in [-0.39, 0.29) is 5.91 Å². The van der Waals surface area contributed by atoms with Crippen molar-refractivity contribution >= 4 is 11.7 Å². The van der Waals surface area contributed by atoms with Crippen molar-refractivity contribution < 1.29 is 4.79 Å². The van der Waals surface area contributed by atoms with Crippen LogP contribution in [0.3, 0.4) is 0 Å². The van der Waals surface area contributed by atoms with Crippen LogP contribution in [0.5, 0.6) is 0 Å². The van der Waals surface area contributed by atoms with Gasteiger partial charge in [-0.25, -0.2) is 4.98 Å². The Hall–Kier alpha value is -1.62. The lowest BCUT2D eigenvalue weighted by Crippen LogP contribution is -2.48. The van der Waals surface area contributed by atoms with Gasteiger partial charge in [-0.1, -0.05) is 13.0 Å². The summed E-state index contributed by atoms with van der Waals surface area (Å²) in [4.78, 5) is 19.8. The minimum absolute atomic E-state index is 0.153. The van der Waals surface area contributed by atoms with E-state index in [1.54, 1.807) is 4.90 Å². The van der Waals surface area contributed by atoms with Crippen LogP contribution in [0.15, 0.2) is 18.3 Å². The molecule has 1 aromatic rings. The third-order valence-corrected chi connectivity index (χ3v) is 3.17. The number of nitrogens with one attached hydrogen (secondary N) is 1. The molecule has 1 N–H and O–H groups in total. The first-order chi connectivity index (χ1) is 8.70. The van der Waals surface area contributed by atoms with Crippen LogP contribution in [0.1, 0.15) is 12.5 Å². The number of rotatable bonds is 4. The Morgan fingerprint density at radius 3 is 2.83 bits per heavy atom. The van der Waals surface area contributed by atoms with Crippen molar-refractivity contribution in [1.82, 2.24) is 15.2 Å². The van der Waals surface area contributed by atoms with Crippen molar-refractivity contribution in [2.24, 2.45) is 0 Å². The summed E-state index contributed by atoms with van der Waals surface area (Å²) in [6, 6.07) is 4.05. The first kappa shape index (κ1) is 12.8. The average Bonchev–Trinajstić information content (AvgIpc) is 2.40. The van der Waals surface area contributed by atoms with Crippen LogP contribution >= 0.6 is 0 Å². The van der Waals surface area contributed by atoms with Gasteiger partial charge in [-0.05, 0) is 18.2 Å². The molecule has 5 nitrogen and oxygen atoms in total. The highest BCUT2D eigenvalue weighted by atomic mass is 16.2. The van der Waals surface area contributed by atoms with E-state index in [2.05, 4.69) is 23.3 Å². The molecule has 1 aliphatic heterocycles. The van der Waals surface area contributed by atoms with Gasteiger partial charge < -0.3 is 15.1 Å². The second kappa shape index (κ2) is 5.82. The fraction of sp³-hybridized carbons (Fsp3) is 0.538. The lowest BCUT2D eigenvalue weighted by Gasteiger charge is -2.32. The number of likely N-dealkylation sites (N-methyl/N-ethyl adjacent to an activating group) is 1. The largest absolute Gasteiger partial charge is 0.346 e. The minimum atomic E-state index is 0.153. The Kier molecular flexibility index (Phi) is 4.15. The predicted molar refractivity (Wildman–Crippen MR) is 71.5 cm³/mol. The maximum Gasteiger partial charge on any atom is 0.241 e. The number of pyridine rings is 1. The second-order valence-electron chi connectivity index (χ2n) is 4.54. The quantitative estimate of drug-likeness (QED) is 0.841. The van der Waals surface area contributed by atoms with Gasteiger partial charge in [0.1, 0.15) is 5.82 Å². The van der Waals surface area contributed by atoms with E-state index in [1.165, 1.54) is 5.56 Å². The molecule has 0 aromatic carbocycles. The average molecular weight is 248 g/mol. The molecule has 0 spiro atoms. The van der Waals surface area contributed by atoms with Crippen molar-refractivity contribution in [3.63, 3.8) is 0 Å². The summed E-state index contributed by atoms with van der Waals surface area (Å²) in [5.41, 5.74) is 1.17. The van der Waals surface area contributed by atoms with Gasteiger partial charge in [-0.2, -0.15) is 0 Å². The molecule has 2 heterocycles. The van der Waals surface area contributed by atoms with Crippen LogP contribution in [0, 0.1) is 0 Å². The smallest absolute Gasteiger partial charge is 0.241 e. The molecule has 0 atom stereocenters. The molecule has 0 saturated carbocycles. The summed E-state index contributed by atoms with van der Waals surface area (Å²) in [5.74, 6) is 1.04. The molecular weight excluding hydrogens is 228 g/mol. The molecule has 1 aromatic heterocycles. The van der Waals surface area contributed by atoms with Crippen molar-refractivity contribution in [3.8, 4) is 0 Å². The number of hydrogen-bond donors (Lipinski definition) is 1. The SMILES string of the molecule is CCNCc1ccc(N2CCN(C)C(=O)C2)nc1. The molecule has 0 radical (unpaired) electrons. The van der Waals surface area contributed by atoms with Gasteiger partial charge in [0.05, 0.1) is 6.54 Å². The maximum atomic E-state index is 11.6. The van der Waals surface area contributed by atoms with E-state index in [0.29, 0.717) is 6.54 Å². The van der Waals surface area contributed by atoms with E-state index < -0.39 is 0 Å². The van der Waals surface area contributed by atoms with E-state index >= 15 is 0 Å². The number of nitrogens with zero attached hydrogens (tertiary/aromatic N) is 3. The zero-order valence-corrected chi connectivity index (χ0v) is 11.0. The first-order valence-electron chi connectivity index (χ1n) is 6.35. The molecule has 1 fully saturated rings. The Balaban J connectivity index is 1.99. The summed E-state index contributed by atoms with van der Waals surface area (Å²) in [5, 5.41) is 3.26. The van der Waals surface area contributed by atoms with Crippen molar-refractivity contribution in [3.05, 3.63) is 23.9 Å². The predicted octanol–water partition coefficient (Wildman–Crippen LogP) is 0.470. The fourth-order valence-corrected chi connectivity index (χ4v) is 1.93. The Morgan fingerprint density at radius 1 is 1.39 bits per heavy atom. The van der Waals surface area contributed by atoms with Gasteiger partial charge in [-0.3, -0.25) is 4.79 Å². The number of aromatic nitrogens is 1. The number of anilines is 1. The molecule has 1 saturated heterocycles. The maximum absolute atomic E-state index is 11.6. The zero-order valence-electron chi connectivity index (χ0n) is 11.0. The summed E-state index contributed by atoms with van der Waals surface area (Å²) in [7, 11) is 1.84. The van der Waals surface area contributed by atoms with Crippen LogP contribution in [-0.4, -0.2) is 49.0 Å². The normalized spacial score (nSPS) is 16.2. The third kappa shape index (κ3) is 2.98. The standard InChI is InChI=1S/C13H20N4O/c1-3-14-8-11-4-5-12(15-9-11)17-7-6-16(2)13(18)10-17/h4-5,9,14H,3,6-8,10H2,1-2H3. The topological polar surface area (TPSA) is 48.5 Å². The highest BCUT2D eigenvalue weighted by molar-refractivity contribution is 5.82. The minimum Gasteiger partial charge on any atom is -0.346 e. The van der Waals surface area contributed by atoms with Crippen LogP contribution < -0.4 is 10.2 Å². The first-order valence-corrected chi connectivity index (χ1v) is 6.35. The molecule has 0 aliphatic carbocycles. The number of amides is 1. The monoisotopic (exact) mass is 248 g/mol. The highest BCUT2D eigenvalue weighted by Gasteiger charge is 2.21. The van der Waals surface area contributed by atoms with Gasteiger partial charge in [0, 0.05) is 32.9 Å². The number of piperazine rings is 1. The lowest BCUT2D eigenvalue weighted by atomic mass is 10.2. The summed E-state index contributed by atoms with van der Waals surface area (Å²) < 4.78 is 0. The number of carbonyl (C=O) groups excluding carboxylic acids is 1. The Labute approximate surface area is 108 Å². The second-order valence-corrected chi connectivity index (χ2v) is 4.54. The Morgan fingerprint density at radius 2 is 2.22 bits per heavy atom. The molecule has 1 amide bonds. The summed E-state index contributed by atoms with van der Waals surface area (Å²) in [6.45, 7) is 5.91. The van der Waals surface area contributed by atoms with Gasteiger partial charge in [0.25, 0.3) is 0 Å². The molecule has 5 heteroatoms. The molecule has 2 rings (SSSR count). The fourth-order valence-electron chi connectivity index (χ4n) is 1.93. The van der Waals surface area contributed by atoms with Crippen LogP contribution in [-0.2, 0) is 11.3 Å². The van der Waals surface area contributed by atoms with Gasteiger partial charge in [-0.15, -0.1) is 0 Å². The highest BCUT2D eigenvalue weighted by Crippen LogP contribution is 2.13. The lowest BCUT2D eigenvalue weighted by molar-refractivity contribution is -0.129. The van der Waals surface area contributed by atoms with E-state index in [4.69, 9.17) is 0 Å². The van der Waals surface area contributed by atoms with Gasteiger partial charge >= 0.3 is 0 Å². The van der Waals surface area contributed by atoms with E-state index in [0.717, 1.165) is 32.0 Å². The number of carbonyl (C=O) groups is 1. The molecule has 18 heavy (non-hydrogen) atoms. The molecule has 0 unspecified atom stereocenters. The Bertz CT molecular complexity index is 404. The molecule has 1 aliphatic rings. The summed E-state index contributed by atoms with van der Waals surface area (Å²) in [6.07, 6.45) is 1.88. The third-order valence-electron chi connectivity index (χ3n) is 3.17. The van der Waals surface area contributed by atoms with Crippen LogP contribution in [0.2, 0.25) is 0 Å². The van der Waals surface area contributed by atoms with E-state index in [9.17, 15) is 4.79 Å². The van der Waals surface area contributed by atoms with E-state index in [1.807, 2.05) is 24.2 Å². The van der Waals surface area contributed by atoms with Gasteiger partial charge in [0.15, 0.2) is 0 Å². The van der Waals surface area contributed by atoms with Crippen molar-refractivity contribution in [2.45, 2.75) is 13.5 Å². The van der Waals surface area contributed by atoms with Crippen LogP contribution in [0.4, 0.5) is 5.82 Å². The van der Waals surface area contributed by atoms with Crippen LogP contribution in [0.25, 0.3) is 0 Å².